The number of hydrogen-bond donors (Lipinski definition) is 0. The van der Waals surface area contributed by atoms with Crippen LogP contribution < -0.4 is 4.74 Å². The number of rotatable bonds is 7. The molecule has 0 atom stereocenters. The topological polar surface area (TPSA) is 34.5 Å². The van der Waals surface area contributed by atoms with E-state index in [0.29, 0.717) is 30.7 Å². The summed E-state index contributed by atoms with van der Waals surface area (Å²) in [5.74, 6) is -0.0849. The monoisotopic (exact) mass is 372 g/mol. The third kappa shape index (κ3) is 4.45. The minimum absolute atomic E-state index is 0.0242. The van der Waals surface area contributed by atoms with E-state index < -0.39 is 0 Å². The number of carbonyl (C=O) groups is 1. The van der Waals surface area contributed by atoms with Crippen LogP contribution in [0.25, 0.3) is 10.9 Å². The number of fused-ring (bicyclic) bond motifs is 1. The Balaban J connectivity index is 1.56. The highest BCUT2D eigenvalue weighted by Crippen LogP contribution is 2.21. The van der Waals surface area contributed by atoms with Crippen LogP contribution in [0.5, 0.6) is 5.75 Å². The Bertz CT molecular complexity index is 953. The van der Waals surface area contributed by atoms with Gasteiger partial charge >= 0.3 is 0 Å². The van der Waals surface area contributed by atoms with Gasteiger partial charge in [0.15, 0.2) is 0 Å². The molecule has 3 aromatic rings. The molecule has 1 heterocycles. The van der Waals surface area contributed by atoms with Crippen LogP contribution in [0.3, 0.4) is 0 Å². The fraction of sp³-hybridized carbons (Fsp3) is 0.286. The smallest absolute Gasteiger partial charge is 0.222 e. The van der Waals surface area contributed by atoms with Gasteiger partial charge in [-0.15, -0.1) is 0 Å². The van der Waals surface area contributed by atoms with Gasteiger partial charge < -0.3 is 14.2 Å². The Morgan fingerprint density at radius 3 is 2.63 bits per heavy atom. The van der Waals surface area contributed by atoms with Crippen molar-refractivity contribution in [3.05, 3.63) is 65.9 Å². The molecule has 6 heteroatoms. The molecule has 0 aliphatic carbocycles. The molecular formula is C21H22F2N2O2. The predicted molar refractivity (Wildman–Crippen MR) is 101 cm³/mol. The number of aromatic nitrogens is 1. The number of hydrogen-bond acceptors (Lipinski definition) is 2. The zero-order valence-electron chi connectivity index (χ0n) is 15.4. The normalized spacial score (nSPS) is 11.0. The number of methoxy groups -OCH3 is 1. The van der Waals surface area contributed by atoms with Crippen molar-refractivity contribution >= 4 is 16.8 Å². The van der Waals surface area contributed by atoms with Gasteiger partial charge in [0, 0.05) is 49.2 Å². The van der Waals surface area contributed by atoms with E-state index in [4.69, 9.17) is 4.74 Å². The molecule has 0 bridgehead atoms. The molecule has 0 saturated heterocycles. The first kappa shape index (κ1) is 18.9. The summed E-state index contributed by atoms with van der Waals surface area (Å²) in [6, 6.07) is 10.8. The number of carbonyl (C=O) groups excluding carboxylic acids is 1. The average Bonchev–Trinajstić information content (AvgIpc) is 3.03. The Hall–Kier alpha value is -2.89. The molecule has 0 fully saturated rings. The molecular weight excluding hydrogens is 350 g/mol. The molecule has 0 radical (unpaired) electrons. The Kier molecular flexibility index (Phi) is 5.74. The number of halogens is 2. The minimum Gasteiger partial charge on any atom is -0.496 e. The van der Waals surface area contributed by atoms with E-state index in [2.05, 4.69) is 0 Å². The zero-order valence-corrected chi connectivity index (χ0v) is 15.4. The largest absolute Gasteiger partial charge is 0.496 e. The first-order chi connectivity index (χ1) is 13.0. The highest BCUT2D eigenvalue weighted by Gasteiger charge is 2.13. The van der Waals surface area contributed by atoms with Gasteiger partial charge in [0.05, 0.1) is 7.11 Å². The molecule has 3 rings (SSSR count). The summed E-state index contributed by atoms with van der Waals surface area (Å²) in [6.45, 7) is 0.948. The van der Waals surface area contributed by atoms with Gasteiger partial charge in [-0.25, -0.2) is 8.78 Å². The van der Waals surface area contributed by atoms with E-state index in [0.717, 1.165) is 10.9 Å². The van der Waals surface area contributed by atoms with Crippen LogP contribution in [0.2, 0.25) is 0 Å². The lowest BCUT2D eigenvalue weighted by Gasteiger charge is -2.19. The maximum Gasteiger partial charge on any atom is 0.222 e. The lowest BCUT2D eigenvalue weighted by molar-refractivity contribution is -0.130. The second-order valence-corrected chi connectivity index (χ2v) is 6.52. The van der Waals surface area contributed by atoms with Gasteiger partial charge in [-0.05, 0) is 48.9 Å². The van der Waals surface area contributed by atoms with Crippen LogP contribution in [-0.4, -0.2) is 29.5 Å². The Morgan fingerprint density at radius 1 is 1.11 bits per heavy atom. The number of aryl methyl sites for hydroxylation is 1. The van der Waals surface area contributed by atoms with E-state index in [1.807, 2.05) is 16.8 Å². The van der Waals surface area contributed by atoms with Crippen molar-refractivity contribution in [3.63, 3.8) is 0 Å². The fourth-order valence-corrected chi connectivity index (χ4v) is 3.17. The van der Waals surface area contributed by atoms with Crippen molar-refractivity contribution in [2.75, 3.05) is 14.2 Å². The number of ether oxygens (including phenoxy) is 1. The van der Waals surface area contributed by atoms with E-state index in [1.54, 1.807) is 24.1 Å². The van der Waals surface area contributed by atoms with E-state index in [9.17, 15) is 13.6 Å². The van der Waals surface area contributed by atoms with E-state index >= 15 is 0 Å². The number of amides is 1. The minimum atomic E-state index is -0.359. The lowest BCUT2D eigenvalue weighted by Crippen LogP contribution is -2.26. The van der Waals surface area contributed by atoms with Crippen molar-refractivity contribution in [3.8, 4) is 5.75 Å². The second kappa shape index (κ2) is 8.20. The zero-order chi connectivity index (χ0) is 19.4. The molecule has 2 aromatic carbocycles. The van der Waals surface area contributed by atoms with Gasteiger partial charge in [0.2, 0.25) is 5.91 Å². The van der Waals surface area contributed by atoms with Crippen molar-refractivity contribution in [1.82, 2.24) is 9.47 Å². The Labute approximate surface area is 157 Å². The molecule has 0 aliphatic heterocycles. The summed E-state index contributed by atoms with van der Waals surface area (Å²) in [5, 5.41) is 0.844. The maximum absolute atomic E-state index is 13.5. The van der Waals surface area contributed by atoms with Gasteiger partial charge in [0.1, 0.15) is 17.4 Å². The molecule has 0 aliphatic rings. The summed E-state index contributed by atoms with van der Waals surface area (Å²) in [4.78, 5) is 14.0. The summed E-state index contributed by atoms with van der Waals surface area (Å²) >= 11 is 0. The summed E-state index contributed by atoms with van der Waals surface area (Å²) in [7, 11) is 3.21. The molecule has 1 aromatic heterocycles. The summed E-state index contributed by atoms with van der Waals surface area (Å²) in [5.41, 5.74) is 1.58. The maximum atomic E-state index is 13.5. The highest BCUT2D eigenvalue weighted by molar-refractivity contribution is 5.80. The van der Waals surface area contributed by atoms with Crippen molar-refractivity contribution < 1.29 is 18.3 Å². The van der Waals surface area contributed by atoms with Gasteiger partial charge in [0.25, 0.3) is 0 Å². The van der Waals surface area contributed by atoms with Crippen LogP contribution in [0.15, 0.2) is 48.7 Å². The van der Waals surface area contributed by atoms with Crippen LogP contribution in [0.4, 0.5) is 8.78 Å². The lowest BCUT2D eigenvalue weighted by atomic mass is 10.1. The Morgan fingerprint density at radius 2 is 1.85 bits per heavy atom. The third-order valence-electron chi connectivity index (χ3n) is 4.60. The molecule has 1 amide bonds. The van der Waals surface area contributed by atoms with E-state index in [-0.39, 0.29) is 24.1 Å². The summed E-state index contributed by atoms with van der Waals surface area (Å²) in [6.07, 6.45) is 2.93. The molecule has 0 unspecified atom stereocenters. The van der Waals surface area contributed by atoms with Gasteiger partial charge in [-0.1, -0.05) is 0 Å². The fourth-order valence-electron chi connectivity index (χ4n) is 3.17. The predicted octanol–water partition coefficient (Wildman–Crippen LogP) is 4.37. The molecule has 0 spiro atoms. The van der Waals surface area contributed by atoms with Crippen LogP contribution in [0, 0.1) is 11.6 Å². The second-order valence-electron chi connectivity index (χ2n) is 6.52. The standard InChI is InChI=1S/C21H22F2N2O2/c1-24(14-16-13-18(23)6-8-20(16)27-2)21(26)4-3-10-25-11-9-15-12-17(22)5-7-19(15)25/h5-9,11-13H,3-4,10,14H2,1-2H3. The van der Waals surface area contributed by atoms with Gasteiger partial charge in [-0.2, -0.15) is 0 Å². The average molecular weight is 372 g/mol. The first-order valence-corrected chi connectivity index (χ1v) is 8.78. The summed E-state index contributed by atoms with van der Waals surface area (Å²) < 4.78 is 34.0. The highest BCUT2D eigenvalue weighted by atomic mass is 19.1. The van der Waals surface area contributed by atoms with Crippen molar-refractivity contribution in [1.29, 1.82) is 0 Å². The third-order valence-corrected chi connectivity index (χ3v) is 4.60. The van der Waals surface area contributed by atoms with Crippen molar-refractivity contribution in [2.45, 2.75) is 25.9 Å². The van der Waals surface area contributed by atoms with Crippen LogP contribution >= 0.6 is 0 Å². The molecule has 4 nitrogen and oxygen atoms in total. The number of nitrogens with zero attached hydrogens (tertiary/aromatic N) is 2. The van der Waals surface area contributed by atoms with Crippen LogP contribution in [0.1, 0.15) is 18.4 Å². The SMILES string of the molecule is COc1ccc(F)cc1CN(C)C(=O)CCCn1ccc2cc(F)ccc21. The quantitative estimate of drug-likeness (QED) is 0.617. The van der Waals surface area contributed by atoms with Crippen molar-refractivity contribution in [2.24, 2.45) is 0 Å². The van der Waals surface area contributed by atoms with Crippen LogP contribution in [-0.2, 0) is 17.9 Å². The first-order valence-electron chi connectivity index (χ1n) is 8.78. The van der Waals surface area contributed by atoms with E-state index in [1.165, 1.54) is 31.4 Å². The molecule has 142 valence electrons. The number of benzene rings is 2. The molecule has 0 N–H and O–H groups in total. The molecule has 0 saturated carbocycles. The van der Waals surface area contributed by atoms with Gasteiger partial charge in [-0.3, -0.25) is 4.79 Å². The molecule has 27 heavy (non-hydrogen) atoms.